The number of nitrogen functional groups attached to an aromatic ring is 1. The van der Waals surface area contributed by atoms with Crippen LogP contribution in [0.3, 0.4) is 0 Å². The third-order valence-corrected chi connectivity index (χ3v) is 2.52. The van der Waals surface area contributed by atoms with Crippen molar-refractivity contribution in [3.05, 3.63) is 12.1 Å². The number of piperazine rings is 1. The van der Waals surface area contributed by atoms with Crippen LogP contribution in [0.1, 0.15) is 6.92 Å². The Morgan fingerprint density at radius 2 is 2.41 bits per heavy atom. The molecule has 0 bridgehead atoms. The van der Waals surface area contributed by atoms with Gasteiger partial charge in [-0.05, 0) is 19.1 Å². The van der Waals surface area contributed by atoms with E-state index in [2.05, 4.69) is 10.3 Å². The predicted octanol–water partition coefficient (Wildman–Crippen LogP) is -0.00130. The number of nitrogens with one attached hydrogen (secondary N) is 1. The molecule has 1 aliphatic rings. The maximum absolute atomic E-state index is 11.3. The Labute approximate surface area is 99.8 Å². The van der Waals surface area contributed by atoms with Crippen LogP contribution in [0.15, 0.2) is 12.1 Å². The fourth-order valence-corrected chi connectivity index (χ4v) is 1.70. The normalized spacial score (nSPS) is 15.6. The molecule has 1 aromatic heterocycles. The van der Waals surface area contributed by atoms with Gasteiger partial charge in [-0.25, -0.2) is 0 Å². The van der Waals surface area contributed by atoms with E-state index in [1.165, 1.54) is 0 Å². The lowest BCUT2D eigenvalue weighted by molar-refractivity contribution is -0.120. The molecular formula is C11H16N4O2. The van der Waals surface area contributed by atoms with E-state index >= 15 is 0 Å². The molecule has 6 nitrogen and oxygen atoms in total. The van der Waals surface area contributed by atoms with Crippen molar-refractivity contribution in [1.82, 2.24) is 10.3 Å². The van der Waals surface area contributed by atoms with Crippen LogP contribution in [0.5, 0.6) is 5.88 Å². The Kier molecular flexibility index (Phi) is 3.32. The number of nitrogens with zero attached hydrogens (tertiary/aromatic N) is 2. The standard InChI is InChI=1S/C11H16N4O2/c1-2-17-11-8(12)3-4-9(14-11)15-6-5-13-10(16)7-15/h3-4H,2,5-7,12H2,1H3,(H,13,16). The van der Waals surface area contributed by atoms with Crippen LogP contribution in [0.25, 0.3) is 0 Å². The molecule has 0 radical (unpaired) electrons. The van der Waals surface area contributed by atoms with Gasteiger partial charge in [-0.3, -0.25) is 4.79 Å². The first-order valence-corrected chi connectivity index (χ1v) is 5.61. The zero-order valence-electron chi connectivity index (χ0n) is 9.77. The van der Waals surface area contributed by atoms with E-state index in [0.29, 0.717) is 31.3 Å². The molecule has 2 heterocycles. The Morgan fingerprint density at radius 3 is 3.12 bits per heavy atom. The maximum atomic E-state index is 11.3. The number of amides is 1. The van der Waals surface area contributed by atoms with Gasteiger partial charge in [-0.1, -0.05) is 0 Å². The number of hydrogen-bond acceptors (Lipinski definition) is 5. The van der Waals surface area contributed by atoms with E-state index in [1.807, 2.05) is 11.8 Å². The third kappa shape index (κ3) is 2.58. The molecular weight excluding hydrogens is 220 g/mol. The zero-order valence-corrected chi connectivity index (χ0v) is 9.77. The van der Waals surface area contributed by atoms with E-state index < -0.39 is 0 Å². The summed E-state index contributed by atoms with van der Waals surface area (Å²) >= 11 is 0. The molecule has 1 aliphatic heterocycles. The molecule has 0 saturated carbocycles. The van der Waals surface area contributed by atoms with Crippen molar-refractivity contribution in [2.45, 2.75) is 6.92 Å². The number of carbonyl (C=O) groups is 1. The highest BCUT2D eigenvalue weighted by Gasteiger charge is 2.18. The fraction of sp³-hybridized carbons (Fsp3) is 0.455. The second-order valence-corrected chi connectivity index (χ2v) is 3.77. The quantitative estimate of drug-likeness (QED) is 0.772. The molecule has 92 valence electrons. The topological polar surface area (TPSA) is 80.5 Å². The predicted molar refractivity (Wildman–Crippen MR) is 65.0 cm³/mol. The van der Waals surface area contributed by atoms with Crippen molar-refractivity contribution < 1.29 is 9.53 Å². The van der Waals surface area contributed by atoms with Gasteiger partial charge in [0.15, 0.2) is 0 Å². The van der Waals surface area contributed by atoms with Gasteiger partial charge in [-0.2, -0.15) is 4.98 Å². The average molecular weight is 236 g/mol. The van der Waals surface area contributed by atoms with E-state index in [-0.39, 0.29) is 5.91 Å². The zero-order chi connectivity index (χ0) is 12.3. The van der Waals surface area contributed by atoms with Crippen LogP contribution in [0.2, 0.25) is 0 Å². The molecule has 1 saturated heterocycles. The highest BCUT2D eigenvalue weighted by molar-refractivity contribution is 5.82. The monoisotopic (exact) mass is 236 g/mol. The summed E-state index contributed by atoms with van der Waals surface area (Å²) in [5.41, 5.74) is 6.26. The van der Waals surface area contributed by atoms with E-state index in [1.54, 1.807) is 12.1 Å². The number of hydrogen-bond donors (Lipinski definition) is 2. The number of pyridine rings is 1. The van der Waals surface area contributed by atoms with Crippen LogP contribution >= 0.6 is 0 Å². The van der Waals surface area contributed by atoms with Gasteiger partial charge in [0.25, 0.3) is 0 Å². The summed E-state index contributed by atoms with van der Waals surface area (Å²) in [5.74, 6) is 1.15. The number of rotatable bonds is 3. The van der Waals surface area contributed by atoms with Gasteiger partial charge in [0.1, 0.15) is 5.82 Å². The molecule has 1 aromatic rings. The Morgan fingerprint density at radius 1 is 1.59 bits per heavy atom. The summed E-state index contributed by atoms with van der Waals surface area (Å²) < 4.78 is 5.33. The Bertz CT molecular complexity index is 422. The van der Waals surface area contributed by atoms with Gasteiger partial charge in [0, 0.05) is 13.1 Å². The lowest BCUT2D eigenvalue weighted by atomic mass is 10.3. The van der Waals surface area contributed by atoms with Crippen molar-refractivity contribution in [3.8, 4) is 5.88 Å². The van der Waals surface area contributed by atoms with Crippen LogP contribution < -0.4 is 20.7 Å². The van der Waals surface area contributed by atoms with Crippen molar-refractivity contribution in [2.24, 2.45) is 0 Å². The largest absolute Gasteiger partial charge is 0.476 e. The van der Waals surface area contributed by atoms with Gasteiger partial charge in [0.05, 0.1) is 18.8 Å². The summed E-state index contributed by atoms with van der Waals surface area (Å²) in [6.45, 7) is 4.09. The van der Waals surface area contributed by atoms with Gasteiger partial charge < -0.3 is 20.7 Å². The van der Waals surface area contributed by atoms with E-state index in [4.69, 9.17) is 10.5 Å². The van der Waals surface area contributed by atoms with Crippen molar-refractivity contribution >= 4 is 17.4 Å². The summed E-state index contributed by atoms with van der Waals surface area (Å²) in [7, 11) is 0. The van der Waals surface area contributed by atoms with Crippen LogP contribution in [0, 0.1) is 0 Å². The molecule has 3 N–H and O–H groups in total. The maximum Gasteiger partial charge on any atom is 0.239 e. The molecule has 1 amide bonds. The summed E-state index contributed by atoms with van der Waals surface area (Å²) in [6.07, 6.45) is 0. The van der Waals surface area contributed by atoms with E-state index in [0.717, 1.165) is 12.4 Å². The number of ether oxygens (including phenoxy) is 1. The number of carbonyl (C=O) groups excluding carboxylic acids is 1. The van der Waals surface area contributed by atoms with Crippen molar-refractivity contribution in [3.63, 3.8) is 0 Å². The molecule has 0 aromatic carbocycles. The molecule has 0 unspecified atom stereocenters. The lowest BCUT2D eigenvalue weighted by Crippen LogP contribution is -2.48. The summed E-state index contributed by atoms with van der Waals surface area (Å²) in [6, 6.07) is 3.55. The average Bonchev–Trinajstić information content (AvgIpc) is 2.32. The number of aromatic nitrogens is 1. The number of anilines is 2. The third-order valence-electron chi connectivity index (χ3n) is 2.52. The molecule has 2 rings (SSSR count). The van der Waals surface area contributed by atoms with Crippen LogP contribution in [-0.4, -0.2) is 37.1 Å². The van der Waals surface area contributed by atoms with Gasteiger partial charge in [0.2, 0.25) is 11.8 Å². The molecule has 0 aliphatic carbocycles. The SMILES string of the molecule is CCOc1nc(N2CCNC(=O)C2)ccc1N. The highest BCUT2D eigenvalue weighted by atomic mass is 16.5. The molecule has 0 spiro atoms. The number of nitrogens with two attached hydrogens (primary N) is 1. The van der Waals surface area contributed by atoms with Crippen LogP contribution in [0.4, 0.5) is 11.5 Å². The molecule has 6 heteroatoms. The molecule has 1 fully saturated rings. The van der Waals surface area contributed by atoms with Crippen molar-refractivity contribution in [2.75, 3.05) is 36.9 Å². The second kappa shape index (κ2) is 4.90. The minimum Gasteiger partial charge on any atom is -0.476 e. The minimum atomic E-state index is 0.00725. The molecule has 0 atom stereocenters. The first kappa shape index (κ1) is 11.5. The Balaban J connectivity index is 2.20. The van der Waals surface area contributed by atoms with Gasteiger partial charge >= 0.3 is 0 Å². The lowest BCUT2D eigenvalue weighted by Gasteiger charge is -2.27. The second-order valence-electron chi connectivity index (χ2n) is 3.77. The Hall–Kier alpha value is -1.98. The first-order valence-electron chi connectivity index (χ1n) is 5.61. The fourth-order valence-electron chi connectivity index (χ4n) is 1.70. The van der Waals surface area contributed by atoms with Gasteiger partial charge in [-0.15, -0.1) is 0 Å². The van der Waals surface area contributed by atoms with Crippen LogP contribution in [-0.2, 0) is 4.79 Å². The summed E-state index contributed by atoms with van der Waals surface area (Å²) in [5, 5.41) is 2.77. The first-order chi connectivity index (χ1) is 8.20. The minimum absolute atomic E-state index is 0.00725. The smallest absolute Gasteiger partial charge is 0.239 e. The summed E-state index contributed by atoms with van der Waals surface area (Å²) in [4.78, 5) is 17.5. The van der Waals surface area contributed by atoms with Crippen molar-refractivity contribution in [1.29, 1.82) is 0 Å². The van der Waals surface area contributed by atoms with E-state index in [9.17, 15) is 4.79 Å². The highest BCUT2D eigenvalue weighted by Crippen LogP contribution is 2.23. The molecule has 17 heavy (non-hydrogen) atoms.